The van der Waals surface area contributed by atoms with Gasteiger partial charge in [0, 0.05) is 5.56 Å². The number of aliphatic hydroxyl groups excluding tert-OH is 1. The molecule has 5 nitrogen and oxygen atoms in total. The van der Waals surface area contributed by atoms with Crippen LogP contribution < -0.4 is 4.90 Å². The molecule has 1 atom stereocenters. The van der Waals surface area contributed by atoms with E-state index in [1.165, 1.54) is 16.2 Å². The number of aryl methyl sites for hydroxylation is 1. The summed E-state index contributed by atoms with van der Waals surface area (Å²) in [5.74, 6) is -1.59. The second-order valence-electron chi connectivity index (χ2n) is 9.87. The van der Waals surface area contributed by atoms with E-state index in [-0.39, 0.29) is 16.7 Å². The number of thiazole rings is 1. The quantitative estimate of drug-likeness (QED) is 0.205. The smallest absolute Gasteiger partial charge is 0.301 e. The highest BCUT2D eigenvalue weighted by Crippen LogP contribution is 2.44. The molecule has 1 unspecified atom stereocenters. The van der Waals surface area contributed by atoms with Crippen molar-refractivity contribution in [2.24, 2.45) is 0 Å². The third-order valence-corrected chi connectivity index (χ3v) is 7.39. The van der Waals surface area contributed by atoms with Gasteiger partial charge in [0.15, 0.2) is 5.13 Å². The molecule has 1 N–H and O–H groups in total. The molecule has 1 amide bonds. The predicted molar refractivity (Wildman–Crippen MR) is 141 cm³/mol. The number of hydrogen-bond donors (Lipinski definition) is 1. The van der Waals surface area contributed by atoms with Crippen LogP contribution in [0.5, 0.6) is 0 Å². The van der Waals surface area contributed by atoms with Crippen molar-refractivity contribution in [1.29, 1.82) is 0 Å². The number of nitrogens with zero attached hydrogens (tertiary/aromatic N) is 2. The number of carbonyl (C=O) groups is 2. The van der Waals surface area contributed by atoms with Crippen LogP contribution in [0.1, 0.15) is 49.1 Å². The Kier molecular flexibility index (Phi) is 5.56. The molecule has 5 rings (SSSR count). The second kappa shape index (κ2) is 8.47. The summed E-state index contributed by atoms with van der Waals surface area (Å²) in [5, 5.41) is 11.7. The summed E-state index contributed by atoms with van der Waals surface area (Å²) in [6.45, 7) is 8.35. The predicted octanol–water partition coefficient (Wildman–Crippen LogP) is 6.53. The van der Waals surface area contributed by atoms with Gasteiger partial charge in [0.05, 0.1) is 21.8 Å². The standard InChI is InChI=1S/C29H26N2O3S/c1-17-9-11-19(12-10-17)25(32)23-24(18-13-15-20(16-14-18)29(2,3)4)31(27(34)26(23)33)28-30-21-7-5-6-8-22(21)35-28/h5-16,24,32H,1-4H3/b25-23+. The Morgan fingerprint density at radius 1 is 0.943 bits per heavy atom. The van der Waals surface area contributed by atoms with Gasteiger partial charge in [-0.2, -0.15) is 0 Å². The van der Waals surface area contributed by atoms with Gasteiger partial charge in [0.1, 0.15) is 5.76 Å². The fraction of sp³-hybridized carbons (Fsp3) is 0.207. The van der Waals surface area contributed by atoms with Crippen LogP contribution in [0.15, 0.2) is 78.4 Å². The van der Waals surface area contributed by atoms with Crippen molar-refractivity contribution in [2.75, 3.05) is 4.90 Å². The lowest BCUT2D eigenvalue weighted by Crippen LogP contribution is -2.29. The summed E-state index contributed by atoms with van der Waals surface area (Å²) in [6, 6.07) is 22.0. The molecule has 0 radical (unpaired) electrons. The summed E-state index contributed by atoms with van der Waals surface area (Å²) in [5.41, 5.74) is 4.19. The third kappa shape index (κ3) is 4.04. The Labute approximate surface area is 208 Å². The summed E-state index contributed by atoms with van der Waals surface area (Å²) >= 11 is 1.36. The maximum atomic E-state index is 13.4. The van der Waals surface area contributed by atoms with E-state index in [1.807, 2.05) is 67.6 Å². The number of para-hydroxylation sites is 1. The number of aromatic nitrogens is 1. The zero-order valence-electron chi connectivity index (χ0n) is 20.1. The van der Waals surface area contributed by atoms with Crippen molar-refractivity contribution in [3.63, 3.8) is 0 Å². The molecule has 3 aromatic carbocycles. The summed E-state index contributed by atoms with van der Waals surface area (Å²) in [4.78, 5) is 32.8. The lowest BCUT2D eigenvalue weighted by Gasteiger charge is -2.24. The fourth-order valence-electron chi connectivity index (χ4n) is 4.34. The number of carbonyl (C=O) groups excluding carboxylic acids is 2. The first kappa shape index (κ1) is 23.0. The number of benzene rings is 3. The highest BCUT2D eigenvalue weighted by atomic mass is 32.1. The monoisotopic (exact) mass is 482 g/mol. The number of hydrogen-bond acceptors (Lipinski definition) is 5. The first-order valence-corrected chi connectivity index (χ1v) is 12.3. The zero-order chi connectivity index (χ0) is 24.9. The molecule has 0 aliphatic carbocycles. The number of Topliss-reactive ketones (excluding diaryl/α,β-unsaturated/α-hetero) is 1. The van der Waals surface area contributed by atoms with Crippen LogP contribution in [0, 0.1) is 6.92 Å². The van der Waals surface area contributed by atoms with Gasteiger partial charge >= 0.3 is 5.91 Å². The molecule has 6 heteroatoms. The van der Waals surface area contributed by atoms with Gasteiger partial charge in [-0.1, -0.05) is 98.3 Å². The average molecular weight is 483 g/mol. The van der Waals surface area contributed by atoms with E-state index in [9.17, 15) is 14.7 Å². The normalized spacial score (nSPS) is 17.9. The number of aliphatic hydroxyl groups is 1. The van der Waals surface area contributed by atoms with Gasteiger partial charge in [0.25, 0.3) is 5.78 Å². The summed E-state index contributed by atoms with van der Waals surface area (Å²) in [7, 11) is 0. The van der Waals surface area contributed by atoms with Crippen LogP contribution in [-0.2, 0) is 15.0 Å². The molecule has 35 heavy (non-hydrogen) atoms. The average Bonchev–Trinajstić information content (AvgIpc) is 3.37. The molecular formula is C29H26N2O3S. The Balaban J connectivity index is 1.71. The Morgan fingerprint density at radius 3 is 2.23 bits per heavy atom. The minimum Gasteiger partial charge on any atom is -0.507 e. The molecular weight excluding hydrogens is 456 g/mol. The minimum absolute atomic E-state index is 0.0464. The molecule has 1 aliphatic heterocycles. The molecule has 1 fully saturated rings. The van der Waals surface area contributed by atoms with Crippen molar-refractivity contribution >= 4 is 44.1 Å². The number of fused-ring (bicyclic) bond motifs is 1. The molecule has 2 heterocycles. The number of ketones is 1. The fourth-order valence-corrected chi connectivity index (χ4v) is 5.33. The lowest BCUT2D eigenvalue weighted by atomic mass is 9.85. The lowest BCUT2D eigenvalue weighted by molar-refractivity contribution is -0.132. The first-order valence-electron chi connectivity index (χ1n) is 11.5. The molecule has 1 saturated heterocycles. The SMILES string of the molecule is Cc1ccc(/C(O)=C2\C(=O)C(=O)N(c3nc4ccccc4s3)C2c2ccc(C(C)(C)C)cc2)cc1. The van der Waals surface area contributed by atoms with Crippen molar-refractivity contribution in [2.45, 2.75) is 39.2 Å². The molecule has 4 aromatic rings. The largest absolute Gasteiger partial charge is 0.507 e. The Bertz CT molecular complexity index is 1440. The molecule has 176 valence electrons. The highest BCUT2D eigenvalue weighted by Gasteiger charge is 2.48. The highest BCUT2D eigenvalue weighted by molar-refractivity contribution is 7.22. The van der Waals surface area contributed by atoms with Crippen molar-refractivity contribution in [3.05, 3.63) is 101 Å². The Morgan fingerprint density at radius 2 is 1.60 bits per heavy atom. The van der Waals surface area contributed by atoms with E-state index in [1.54, 1.807) is 12.1 Å². The van der Waals surface area contributed by atoms with Crippen molar-refractivity contribution < 1.29 is 14.7 Å². The summed E-state index contributed by atoms with van der Waals surface area (Å²) < 4.78 is 0.921. The summed E-state index contributed by atoms with van der Waals surface area (Å²) in [6.07, 6.45) is 0. The van der Waals surface area contributed by atoms with E-state index in [2.05, 4.69) is 25.8 Å². The van der Waals surface area contributed by atoms with Gasteiger partial charge in [0.2, 0.25) is 0 Å². The zero-order valence-corrected chi connectivity index (χ0v) is 20.9. The second-order valence-corrected chi connectivity index (χ2v) is 10.9. The third-order valence-electron chi connectivity index (χ3n) is 6.35. The van der Waals surface area contributed by atoms with E-state index in [4.69, 9.17) is 0 Å². The van der Waals surface area contributed by atoms with Gasteiger partial charge in [-0.3, -0.25) is 14.5 Å². The number of amides is 1. The van der Waals surface area contributed by atoms with E-state index >= 15 is 0 Å². The molecule has 1 aromatic heterocycles. The minimum atomic E-state index is -0.786. The van der Waals surface area contributed by atoms with Crippen LogP contribution in [0.2, 0.25) is 0 Å². The van der Waals surface area contributed by atoms with E-state index < -0.39 is 17.7 Å². The van der Waals surface area contributed by atoms with Crippen LogP contribution in [0.25, 0.3) is 16.0 Å². The number of anilines is 1. The van der Waals surface area contributed by atoms with E-state index in [0.717, 1.165) is 26.9 Å². The maximum Gasteiger partial charge on any atom is 0.301 e. The van der Waals surface area contributed by atoms with Crippen molar-refractivity contribution in [3.8, 4) is 0 Å². The Hall–Kier alpha value is -3.77. The van der Waals surface area contributed by atoms with Crippen LogP contribution >= 0.6 is 11.3 Å². The van der Waals surface area contributed by atoms with Crippen molar-refractivity contribution in [1.82, 2.24) is 4.98 Å². The molecule has 0 saturated carbocycles. The maximum absolute atomic E-state index is 13.4. The van der Waals surface area contributed by atoms with Gasteiger partial charge in [-0.15, -0.1) is 0 Å². The van der Waals surface area contributed by atoms with Crippen LogP contribution in [-0.4, -0.2) is 21.8 Å². The van der Waals surface area contributed by atoms with Crippen LogP contribution in [0.4, 0.5) is 5.13 Å². The van der Waals surface area contributed by atoms with E-state index in [0.29, 0.717) is 10.7 Å². The van der Waals surface area contributed by atoms with Gasteiger partial charge < -0.3 is 5.11 Å². The molecule has 1 aliphatic rings. The molecule has 0 bridgehead atoms. The van der Waals surface area contributed by atoms with Crippen LogP contribution in [0.3, 0.4) is 0 Å². The first-order chi connectivity index (χ1) is 16.6. The van der Waals surface area contributed by atoms with Gasteiger partial charge in [-0.25, -0.2) is 4.98 Å². The molecule has 0 spiro atoms. The topological polar surface area (TPSA) is 70.5 Å². The number of rotatable bonds is 3. The van der Waals surface area contributed by atoms with Gasteiger partial charge in [-0.05, 0) is 35.6 Å².